The van der Waals surface area contributed by atoms with E-state index in [0.717, 1.165) is 5.56 Å². The van der Waals surface area contributed by atoms with Crippen molar-refractivity contribution in [3.8, 4) is 17.1 Å². The van der Waals surface area contributed by atoms with Crippen molar-refractivity contribution < 1.29 is 19.1 Å². The highest BCUT2D eigenvalue weighted by Gasteiger charge is 2.20. The summed E-state index contributed by atoms with van der Waals surface area (Å²) in [5.74, 6) is 0.516. The molecule has 0 aliphatic carbocycles. The van der Waals surface area contributed by atoms with Crippen LogP contribution in [0.25, 0.3) is 11.4 Å². The Morgan fingerprint density at radius 2 is 1.74 bits per heavy atom. The molecule has 1 amide bonds. The van der Waals surface area contributed by atoms with Crippen LogP contribution in [0, 0.1) is 0 Å². The molecule has 0 radical (unpaired) electrons. The highest BCUT2D eigenvalue weighted by atomic mass is 32.2. The number of anilines is 1. The van der Waals surface area contributed by atoms with Crippen LogP contribution in [-0.4, -0.2) is 50.9 Å². The largest absolute Gasteiger partial charge is 0.496 e. The van der Waals surface area contributed by atoms with Gasteiger partial charge in [-0.15, -0.1) is 10.2 Å². The summed E-state index contributed by atoms with van der Waals surface area (Å²) in [6, 6.07) is 18.0. The second-order valence-corrected chi connectivity index (χ2v) is 7.93. The summed E-state index contributed by atoms with van der Waals surface area (Å²) in [4.78, 5) is 24.9. The Bertz CT molecular complexity index is 1290. The van der Waals surface area contributed by atoms with Gasteiger partial charge in [-0.3, -0.25) is 9.47 Å². The van der Waals surface area contributed by atoms with Gasteiger partial charge in [-0.1, -0.05) is 36.0 Å². The van der Waals surface area contributed by atoms with Gasteiger partial charge in [0.15, 0.2) is 5.82 Å². The third kappa shape index (κ3) is 4.96. The summed E-state index contributed by atoms with van der Waals surface area (Å²) in [6.07, 6.45) is 3.73. The van der Waals surface area contributed by atoms with Crippen LogP contribution in [-0.2, 0) is 9.53 Å². The molecule has 0 unspecified atom stereocenters. The lowest BCUT2D eigenvalue weighted by molar-refractivity contribution is -0.113. The number of amides is 1. The van der Waals surface area contributed by atoms with Gasteiger partial charge in [0.05, 0.1) is 36.3 Å². The van der Waals surface area contributed by atoms with E-state index in [1.165, 1.54) is 11.8 Å². The molecule has 1 N–H and O–H groups in total. The smallest absolute Gasteiger partial charge is 0.340 e. The van der Waals surface area contributed by atoms with Crippen LogP contribution in [0.1, 0.15) is 17.3 Å². The van der Waals surface area contributed by atoms with Gasteiger partial charge in [-0.2, -0.15) is 0 Å². The van der Waals surface area contributed by atoms with Gasteiger partial charge >= 0.3 is 5.97 Å². The summed E-state index contributed by atoms with van der Waals surface area (Å²) < 4.78 is 14.2. The van der Waals surface area contributed by atoms with Gasteiger partial charge in [-0.25, -0.2) is 9.47 Å². The van der Waals surface area contributed by atoms with Crippen molar-refractivity contribution in [2.45, 2.75) is 12.1 Å². The topological polar surface area (TPSA) is 100 Å². The normalized spacial score (nSPS) is 10.6. The molecule has 2 aromatic heterocycles. The first-order valence-electron chi connectivity index (χ1n) is 10.5. The first kappa shape index (κ1) is 23.1. The summed E-state index contributed by atoms with van der Waals surface area (Å²) in [7, 11) is 1.60. The summed E-state index contributed by atoms with van der Waals surface area (Å²) in [5, 5.41) is 12.0. The second-order valence-electron chi connectivity index (χ2n) is 6.98. The minimum atomic E-state index is -0.486. The van der Waals surface area contributed by atoms with Crippen molar-refractivity contribution in [3.63, 3.8) is 0 Å². The van der Waals surface area contributed by atoms with E-state index in [-0.39, 0.29) is 18.3 Å². The Labute approximate surface area is 200 Å². The number of hydrogen-bond acceptors (Lipinski definition) is 7. The van der Waals surface area contributed by atoms with Gasteiger partial charge in [0.2, 0.25) is 11.1 Å². The number of carbonyl (C=O) groups is 2. The molecule has 0 aliphatic rings. The molecule has 0 bridgehead atoms. The van der Waals surface area contributed by atoms with Crippen molar-refractivity contribution >= 4 is 29.3 Å². The molecule has 0 fully saturated rings. The maximum atomic E-state index is 12.7. The number of benzene rings is 2. The fraction of sp³-hybridized carbons (Fsp3) is 0.167. The van der Waals surface area contributed by atoms with Crippen molar-refractivity contribution in [1.82, 2.24) is 19.5 Å². The van der Waals surface area contributed by atoms with Gasteiger partial charge < -0.3 is 14.8 Å². The Morgan fingerprint density at radius 3 is 2.50 bits per heavy atom. The molecular weight excluding hydrogens is 454 g/mol. The Morgan fingerprint density at radius 1 is 1.00 bits per heavy atom. The van der Waals surface area contributed by atoms with Crippen molar-refractivity contribution in [3.05, 3.63) is 78.6 Å². The summed E-state index contributed by atoms with van der Waals surface area (Å²) in [6.45, 7) is 1.98. The molecule has 0 saturated heterocycles. The molecule has 0 aliphatic heterocycles. The molecule has 174 valence electrons. The first-order chi connectivity index (χ1) is 16.6. The molecule has 34 heavy (non-hydrogen) atoms. The number of ether oxygens (including phenoxy) is 2. The molecule has 2 aromatic carbocycles. The number of aromatic nitrogens is 4. The fourth-order valence-electron chi connectivity index (χ4n) is 3.32. The zero-order chi connectivity index (χ0) is 23.9. The fourth-order valence-corrected chi connectivity index (χ4v) is 4.05. The molecule has 0 atom stereocenters. The molecule has 10 heteroatoms. The van der Waals surface area contributed by atoms with Gasteiger partial charge in [0.1, 0.15) is 5.75 Å². The number of thioether (sulfide) groups is 1. The van der Waals surface area contributed by atoms with Crippen LogP contribution in [0.3, 0.4) is 0 Å². The van der Waals surface area contributed by atoms with Crippen LogP contribution in [0.5, 0.6) is 5.75 Å². The predicted molar refractivity (Wildman–Crippen MR) is 129 cm³/mol. The third-order valence-corrected chi connectivity index (χ3v) is 5.73. The van der Waals surface area contributed by atoms with E-state index in [1.807, 2.05) is 58.1 Å². The summed E-state index contributed by atoms with van der Waals surface area (Å²) >= 11 is 1.23. The molecular formula is C24H23N5O4S. The van der Waals surface area contributed by atoms with Crippen molar-refractivity contribution in [2.75, 3.05) is 24.8 Å². The Hall–Kier alpha value is -4.05. The van der Waals surface area contributed by atoms with Gasteiger partial charge in [-0.05, 0) is 43.3 Å². The Balaban J connectivity index is 1.56. The van der Waals surface area contributed by atoms with Crippen LogP contribution >= 0.6 is 11.8 Å². The van der Waals surface area contributed by atoms with Gasteiger partial charge in [0.25, 0.3) is 0 Å². The van der Waals surface area contributed by atoms with Crippen LogP contribution in [0.4, 0.5) is 5.69 Å². The van der Waals surface area contributed by atoms with Crippen LogP contribution in [0.2, 0.25) is 0 Å². The molecule has 0 saturated carbocycles. The molecule has 0 spiro atoms. The lowest BCUT2D eigenvalue weighted by Crippen LogP contribution is -2.18. The summed E-state index contributed by atoms with van der Waals surface area (Å²) in [5.41, 5.74) is 1.47. The van der Waals surface area contributed by atoms with E-state index in [4.69, 9.17) is 9.47 Å². The monoisotopic (exact) mass is 477 g/mol. The number of methoxy groups -OCH3 is 1. The van der Waals surface area contributed by atoms with E-state index < -0.39 is 5.97 Å². The number of nitrogens with zero attached hydrogens (tertiary/aromatic N) is 4. The van der Waals surface area contributed by atoms with E-state index in [0.29, 0.717) is 28.0 Å². The predicted octanol–water partition coefficient (Wildman–Crippen LogP) is 3.97. The zero-order valence-electron chi connectivity index (χ0n) is 18.7. The SMILES string of the molecule is CCOC(=O)c1ccccc1NC(=O)CSc1nnc(-c2ccccc2OC)n1-n1cccc1. The molecule has 4 rings (SSSR count). The maximum Gasteiger partial charge on any atom is 0.340 e. The highest BCUT2D eigenvalue weighted by molar-refractivity contribution is 7.99. The number of carbonyl (C=O) groups excluding carboxylic acids is 2. The number of rotatable bonds is 9. The maximum absolute atomic E-state index is 12.7. The van der Waals surface area contributed by atoms with E-state index in [2.05, 4.69) is 15.5 Å². The zero-order valence-corrected chi connectivity index (χ0v) is 19.5. The highest BCUT2D eigenvalue weighted by Crippen LogP contribution is 2.31. The van der Waals surface area contributed by atoms with Crippen LogP contribution < -0.4 is 10.1 Å². The van der Waals surface area contributed by atoms with E-state index in [1.54, 1.807) is 38.3 Å². The van der Waals surface area contributed by atoms with Gasteiger partial charge in [0, 0.05) is 12.4 Å². The first-order valence-corrected chi connectivity index (χ1v) is 11.5. The minimum Gasteiger partial charge on any atom is -0.496 e. The average molecular weight is 478 g/mol. The Kier molecular flexibility index (Phi) is 7.28. The second kappa shape index (κ2) is 10.7. The lowest BCUT2D eigenvalue weighted by atomic mass is 10.2. The average Bonchev–Trinajstić information content (AvgIpc) is 3.53. The van der Waals surface area contributed by atoms with E-state index in [9.17, 15) is 9.59 Å². The van der Waals surface area contributed by atoms with E-state index >= 15 is 0 Å². The minimum absolute atomic E-state index is 0.0580. The molecule has 4 aromatic rings. The molecule has 9 nitrogen and oxygen atoms in total. The van der Waals surface area contributed by atoms with Crippen molar-refractivity contribution in [2.24, 2.45) is 0 Å². The molecule has 2 heterocycles. The number of esters is 1. The lowest BCUT2D eigenvalue weighted by Gasteiger charge is -2.13. The number of hydrogen-bond donors (Lipinski definition) is 1. The van der Waals surface area contributed by atoms with Crippen LogP contribution in [0.15, 0.2) is 78.2 Å². The standard InChI is InChI=1S/C24H23N5O4S/c1-3-33-23(31)17-10-4-6-12-19(17)25-21(30)16-34-24-27-26-22(29(24)28-14-8-9-15-28)18-11-5-7-13-20(18)32-2/h4-15H,3,16H2,1-2H3,(H,25,30). The third-order valence-electron chi connectivity index (χ3n) is 4.81. The quantitative estimate of drug-likeness (QED) is 0.288. The van der Waals surface area contributed by atoms with Crippen molar-refractivity contribution in [1.29, 1.82) is 0 Å². The number of para-hydroxylation sites is 2. The number of nitrogens with one attached hydrogen (secondary N) is 1.